The quantitative estimate of drug-likeness (QED) is 0.490. The van der Waals surface area contributed by atoms with Crippen LogP contribution < -0.4 is 10.6 Å². The lowest BCUT2D eigenvalue weighted by molar-refractivity contribution is -0.142. The Morgan fingerprint density at radius 1 is 0.914 bits per heavy atom. The largest absolute Gasteiger partial charge is 0.481 e. The van der Waals surface area contributed by atoms with Gasteiger partial charge in [0.15, 0.2) is 0 Å². The number of pyridine rings is 1. The second kappa shape index (κ2) is 9.58. The average molecular weight is 472 g/mol. The van der Waals surface area contributed by atoms with Gasteiger partial charge in [-0.3, -0.25) is 14.9 Å². The maximum absolute atomic E-state index is 12.6. The normalized spacial score (nSPS) is 18.4. The van der Waals surface area contributed by atoms with Crippen LogP contribution in [0.25, 0.3) is 11.1 Å². The number of ether oxygens (including phenoxy) is 1. The van der Waals surface area contributed by atoms with E-state index < -0.39 is 29.9 Å². The van der Waals surface area contributed by atoms with Gasteiger partial charge >= 0.3 is 12.1 Å². The first-order valence-electron chi connectivity index (χ1n) is 11.6. The van der Waals surface area contributed by atoms with Gasteiger partial charge in [-0.05, 0) is 47.2 Å². The third-order valence-electron chi connectivity index (χ3n) is 6.71. The van der Waals surface area contributed by atoms with Crippen LogP contribution in [0.4, 0.5) is 10.6 Å². The van der Waals surface area contributed by atoms with E-state index in [2.05, 4.69) is 27.8 Å². The summed E-state index contributed by atoms with van der Waals surface area (Å²) in [5, 5.41) is 14.7. The molecule has 8 nitrogen and oxygen atoms in total. The van der Waals surface area contributed by atoms with Gasteiger partial charge in [0.1, 0.15) is 18.1 Å². The van der Waals surface area contributed by atoms with Crippen molar-refractivity contribution in [3.8, 4) is 11.1 Å². The summed E-state index contributed by atoms with van der Waals surface area (Å²) in [6.07, 6.45) is 1.23. The van der Waals surface area contributed by atoms with E-state index in [-0.39, 0.29) is 24.0 Å². The summed E-state index contributed by atoms with van der Waals surface area (Å²) in [7, 11) is 0. The van der Waals surface area contributed by atoms with E-state index in [1.807, 2.05) is 36.4 Å². The van der Waals surface area contributed by atoms with Crippen LogP contribution in [0.3, 0.4) is 0 Å². The van der Waals surface area contributed by atoms with Crippen LogP contribution in [0.1, 0.15) is 46.8 Å². The smallest absolute Gasteiger partial charge is 0.412 e. The van der Waals surface area contributed by atoms with Gasteiger partial charge < -0.3 is 15.2 Å². The maximum atomic E-state index is 12.6. The van der Waals surface area contributed by atoms with Crippen molar-refractivity contribution in [1.29, 1.82) is 0 Å². The summed E-state index contributed by atoms with van der Waals surface area (Å²) in [6, 6.07) is 20.4. The van der Waals surface area contributed by atoms with Crippen molar-refractivity contribution in [3.05, 3.63) is 83.6 Å². The van der Waals surface area contributed by atoms with Gasteiger partial charge in [0.05, 0.1) is 5.92 Å². The molecule has 0 unspecified atom stereocenters. The fraction of sp³-hybridized carbons (Fsp3) is 0.259. The molecule has 0 radical (unpaired) electrons. The number of carboxylic acids is 1. The van der Waals surface area contributed by atoms with Crippen molar-refractivity contribution < 1.29 is 24.2 Å². The molecule has 2 aliphatic carbocycles. The number of carboxylic acid groups (broad SMARTS) is 1. The molecular weight excluding hydrogens is 446 g/mol. The molecule has 3 N–H and O–H groups in total. The summed E-state index contributed by atoms with van der Waals surface area (Å²) in [4.78, 5) is 40.7. The number of amides is 2. The third-order valence-corrected chi connectivity index (χ3v) is 6.71. The molecule has 1 fully saturated rings. The van der Waals surface area contributed by atoms with Crippen LogP contribution in [0.2, 0.25) is 0 Å². The number of hydrogen-bond acceptors (Lipinski definition) is 5. The zero-order valence-electron chi connectivity index (χ0n) is 18.9. The van der Waals surface area contributed by atoms with Crippen LogP contribution >= 0.6 is 0 Å². The van der Waals surface area contributed by atoms with Crippen molar-refractivity contribution in [2.75, 3.05) is 11.9 Å². The number of carbonyl (C=O) groups is 3. The van der Waals surface area contributed by atoms with Crippen molar-refractivity contribution in [1.82, 2.24) is 10.3 Å². The number of hydrogen-bond donors (Lipinski definition) is 3. The Labute approximate surface area is 202 Å². The van der Waals surface area contributed by atoms with Gasteiger partial charge in [0.2, 0.25) is 0 Å². The predicted octanol–water partition coefficient (Wildman–Crippen LogP) is 4.43. The second-order valence-corrected chi connectivity index (χ2v) is 8.81. The molecule has 2 aromatic carbocycles. The van der Waals surface area contributed by atoms with E-state index in [1.54, 1.807) is 12.1 Å². The van der Waals surface area contributed by atoms with E-state index in [0.29, 0.717) is 12.8 Å². The lowest BCUT2D eigenvalue weighted by atomic mass is 9.98. The van der Waals surface area contributed by atoms with E-state index in [9.17, 15) is 19.5 Å². The van der Waals surface area contributed by atoms with Gasteiger partial charge in [0, 0.05) is 12.0 Å². The highest BCUT2D eigenvalue weighted by Gasteiger charge is 2.34. The zero-order valence-corrected chi connectivity index (χ0v) is 18.9. The van der Waals surface area contributed by atoms with Crippen LogP contribution in [0.15, 0.2) is 66.7 Å². The maximum Gasteiger partial charge on any atom is 0.412 e. The van der Waals surface area contributed by atoms with Gasteiger partial charge in [-0.1, -0.05) is 61.0 Å². The molecule has 0 aliphatic heterocycles. The van der Waals surface area contributed by atoms with Crippen LogP contribution in [-0.2, 0) is 9.53 Å². The lowest BCUT2D eigenvalue weighted by Gasteiger charge is -2.17. The minimum Gasteiger partial charge on any atom is -0.481 e. The minimum atomic E-state index is -0.911. The van der Waals surface area contributed by atoms with Crippen molar-refractivity contribution in [2.24, 2.45) is 5.92 Å². The van der Waals surface area contributed by atoms with E-state index in [1.165, 1.54) is 6.07 Å². The number of anilines is 1. The molecular formula is C27H25N3O5. The third kappa shape index (κ3) is 4.59. The Hall–Kier alpha value is -4.20. The summed E-state index contributed by atoms with van der Waals surface area (Å²) in [5.41, 5.74) is 4.61. The number of fused-ring (bicyclic) bond motifs is 3. The molecule has 1 aromatic heterocycles. The molecule has 2 aliphatic rings. The molecule has 178 valence electrons. The molecule has 0 saturated heterocycles. The Kier molecular flexibility index (Phi) is 6.18. The standard InChI is InChI=1S/C27H25N3O5/c31-25(29-22-12-5-11-20(22)26(32)33)23-13-6-14-24(28-23)30-27(34)35-15-21-18-9-3-1-7-16(18)17-8-2-4-10-19(17)21/h1-4,6-10,13-14,20-22H,5,11-12,15H2,(H,29,31)(H,32,33)(H,28,30,34)/t20-,22+/m1/s1. The van der Waals surface area contributed by atoms with Crippen LogP contribution in [-0.4, -0.2) is 40.7 Å². The molecule has 1 heterocycles. The second-order valence-electron chi connectivity index (χ2n) is 8.81. The van der Waals surface area contributed by atoms with E-state index in [4.69, 9.17) is 4.74 Å². The van der Waals surface area contributed by atoms with E-state index >= 15 is 0 Å². The molecule has 1 saturated carbocycles. The highest BCUT2D eigenvalue weighted by Crippen LogP contribution is 2.44. The van der Waals surface area contributed by atoms with Crippen molar-refractivity contribution in [2.45, 2.75) is 31.2 Å². The van der Waals surface area contributed by atoms with Gasteiger partial charge in [-0.2, -0.15) is 0 Å². The van der Waals surface area contributed by atoms with Gasteiger partial charge in [0.25, 0.3) is 5.91 Å². The fourth-order valence-electron chi connectivity index (χ4n) is 5.04. The molecule has 35 heavy (non-hydrogen) atoms. The molecule has 0 bridgehead atoms. The number of aromatic nitrogens is 1. The number of carbonyl (C=O) groups excluding carboxylic acids is 2. The fourth-order valence-corrected chi connectivity index (χ4v) is 5.04. The first-order chi connectivity index (χ1) is 17.0. The number of rotatable bonds is 6. The van der Waals surface area contributed by atoms with Gasteiger partial charge in [-0.15, -0.1) is 0 Å². The summed E-state index contributed by atoms with van der Waals surface area (Å²) >= 11 is 0. The first kappa shape index (κ1) is 22.6. The monoisotopic (exact) mass is 471 g/mol. The van der Waals surface area contributed by atoms with Crippen LogP contribution in [0.5, 0.6) is 0 Å². The number of nitrogens with one attached hydrogen (secondary N) is 2. The van der Waals surface area contributed by atoms with E-state index in [0.717, 1.165) is 28.7 Å². The number of aliphatic carboxylic acids is 1. The molecule has 5 rings (SSSR count). The average Bonchev–Trinajstić information content (AvgIpc) is 3.45. The molecule has 0 spiro atoms. The first-order valence-corrected chi connectivity index (χ1v) is 11.6. The zero-order chi connectivity index (χ0) is 24.4. The molecule has 2 amide bonds. The Bertz CT molecular complexity index is 1250. The Morgan fingerprint density at radius 3 is 2.29 bits per heavy atom. The Morgan fingerprint density at radius 2 is 1.60 bits per heavy atom. The summed E-state index contributed by atoms with van der Waals surface area (Å²) < 4.78 is 5.54. The highest BCUT2D eigenvalue weighted by molar-refractivity contribution is 5.94. The van der Waals surface area contributed by atoms with Crippen LogP contribution in [0, 0.1) is 5.92 Å². The molecule has 3 aromatic rings. The molecule has 2 atom stereocenters. The predicted molar refractivity (Wildman–Crippen MR) is 129 cm³/mol. The molecule has 8 heteroatoms. The summed E-state index contributed by atoms with van der Waals surface area (Å²) in [5.74, 6) is -1.87. The minimum absolute atomic E-state index is 0.0631. The number of benzene rings is 2. The Balaban J connectivity index is 1.22. The topological polar surface area (TPSA) is 118 Å². The lowest BCUT2D eigenvalue weighted by Crippen LogP contribution is -2.40. The highest BCUT2D eigenvalue weighted by atomic mass is 16.5. The summed E-state index contributed by atoms with van der Waals surface area (Å²) in [6.45, 7) is 0.165. The SMILES string of the molecule is O=C(Nc1cccc(C(=O)N[C@H]2CCC[C@H]2C(=O)O)n1)OCC1c2ccccc2-c2ccccc21. The number of nitrogens with zero attached hydrogens (tertiary/aromatic N) is 1. The van der Waals surface area contributed by atoms with Gasteiger partial charge in [-0.25, -0.2) is 9.78 Å². The van der Waals surface area contributed by atoms with Crippen molar-refractivity contribution >= 4 is 23.8 Å². The van der Waals surface area contributed by atoms with Crippen molar-refractivity contribution in [3.63, 3.8) is 0 Å².